The van der Waals surface area contributed by atoms with Gasteiger partial charge in [0.25, 0.3) is 0 Å². The summed E-state index contributed by atoms with van der Waals surface area (Å²) in [7, 11) is -5.93. The van der Waals surface area contributed by atoms with Crippen LogP contribution >= 0.6 is 11.6 Å². The highest BCUT2D eigenvalue weighted by atomic mass is 35.5. The van der Waals surface area contributed by atoms with Crippen molar-refractivity contribution in [1.29, 1.82) is 0 Å². The Balaban J connectivity index is 2.73. The molecule has 0 N–H and O–H groups in total. The third-order valence-electron chi connectivity index (χ3n) is 2.18. The van der Waals surface area contributed by atoms with Gasteiger partial charge in [-0.3, -0.25) is 0 Å². The standard InChI is InChI=1S/C8H21ClO3Si3/c1-13(2)10-14(3,4)12-15(5,11-13)8-6-7-9/h6-8H2,1-5H3. The Morgan fingerprint density at radius 2 is 1.33 bits per heavy atom. The van der Waals surface area contributed by atoms with Crippen LogP contribution in [0, 0.1) is 0 Å². The summed E-state index contributed by atoms with van der Waals surface area (Å²) in [5, 5.41) is 0. The minimum atomic E-state index is -2.01. The zero-order valence-electron chi connectivity index (χ0n) is 10.2. The minimum Gasteiger partial charge on any atom is -0.416 e. The fraction of sp³-hybridized carbons (Fsp3) is 1.00. The van der Waals surface area contributed by atoms with Crippen molar-refractivity contribution >= 4 is 37.3 Å². The van der Waals surface area contributed by atoms with Crippen LogP contribution in [0.4, 0.5) is 0 Å². The molecule has 0 amide bonds. The van der Waals surface area contributed by atoms with Crippen molar-refractivity contribution in [2.45, 2.75) is 45.2 Å². The van der Waals surface area contributed by atoms with Gasteiger partial charge in [0.2, 0.25) is 0 Å². The average molecular weight is 285 g/mol. The largest absolute Gasteiger partial charge is 0.416 e. The second kappa shape index (κ2) is 4.60. The fourth-order valence-corrected chi connectivity index (χ4v) is 18.9. The molecular weight excluding hydrogens is 264 g/mol. The van der Waals surface area contributed by atoms with Crippen molar-refractivity contribution in [3.05, 3.63) is 0 Å². The summed E-state index contributed by atoms with van der Waals surface area (Å²) in [5.41, 5.74) is 0. The van der Waals surface area contributed by atoms with Crippen LogP contribution in [0.3, 0.4) is 0 Å². The van der Waals surface area contributed by atoms with E-state index in [0.29, 0.717) is 5.88 Å². The van der Waals surface area contributed by atoms with Crippen molar-refractivity contribution < 1.29 is 12.3 Å². The molecule has 3 nitrogen and oxygen atoms in total. The highest BCUT2D eigenvalue weighted by Gasteiger charge is 2.52. The van der Waals surface area contributed by atoms with Crippen LogP contribution in [0.25, 0.3) is 0 Å². The SMILES string of the molecule is C[Si]1(C)O[Si](C)(C)O[Si](C)(CCCCl)O1. The molecule has 0 spiro atoms. The molecule has 0 aromatic heterocycles. The zero-order chi connectivity index (χ0) is 11.7. The summed E-state index contributed by atoms with van der Waals surface area (Å²) in [6.07, 6.45) is 0.971. The quantitative estimate of drug-likeness (QED) is 0.589. The summed E-state index contributed by atoms with van der Waals surface area (Å²) < 4.78 is 18.2. The number of hydrogen-bond donors (Lipinski definition) is 0. The van der Waals surface area contributed by atoms with E-state index in [2.05, 4.69) is 32.7 Å². The molecule has 1 aliphatic heterocycles. The van der Waals surface area contributed by atoms with Gasteiger partial charge in [0, 0.05) is 5.88 Å². The fourth-order valence-electron chi connectivity index (χ4n) is 2.18. The lowest BCUT2D eigenvalue weighted by atomic mass is 10.6. The van der Waals surface area contributed by atoms with Gasteiger partial charge in [-0.15, -0.1) is 11.6 Å². The van der Waals surface area contributed by atoms with E-state index in [0.717, 1.165) is 12.5 Å². The van der Waals surface area contributed by atoms with Gasteiger partial charge in [-0.05, 0) is 45.2 Å². The van der Waals surface area contributed by atoms with Gasteiger partial charge < -0.3 is 12.3 Å². The normalized spacial score (nSPS) is 27.6. The third kappa shape index (κ3) is 4.29. The van der Waals surface area contributed by atoms with Gasteiger partial charge >= 0.3 is 25.7 Å². The Labute approximate surface area is 101 Å². The lowest BCUT2D eigenvalue weighted by Gasteiger charge is -2.47. The van der Waals surface area contributed by atoms with E-state index in [1.165, 1.54) is 0 Å². The predicted octanol–water partition coefficient (Wildman–Crippen LogP) is 3.15. The molecule has 0 radical (unpaired) electrons. The van der Waals surface area contributed by atoms with Crippen molar-refractivity contribution in [2.75, 3.05) is 5.88 Å². The summed E-state index contributed by atoms with van der Waals surface area (Å²) >= 11 is 5.73. The molecule has 0 saturated carbocycles. The van der Waals surface area contributed by atoms with Crippen molar-refractivity contribution in [1.82, 2.24) is 0 Å². The molecule has 90 valence electrons. The van der Waals surface area contributed by atoms with Crippen LogP contribution in [0.15, 0.2) is 0 Å². The Bertz CT molecular complexity index is 219. The number of alkyl halides is 1. The summed E-state index contributed by atoms with van der Waals surface area (Å²) in [6, 6.07) is 0.979. The molecule has 0 unspecified atom stereocenters. The van der Waals surface area contributed by atoms with Gasteiger partial charge in [-0.1, -0.05) is 0 Å². The first-order valence-corrected chi connectivity index (χ1v) is 14.0. The molecule has 0 aliphatic carbocycles. The first-order chi connectivity index (χ1) is 6.68. The molecule has 0 aromatic rings. The lowest BCUT2D eigenvalue weighted by molar-refractivity contribution is 0.232. The van der Waals surface area contributed by atoms with Gasteiger partial charge in [0.1, 0.15) is 0 Å². The molecular formula is C8H21ClO3Si3. The molecule has 1 fully saturated rings. The molecule has 0 aromatic carbocycles. The van der Waals surface area contributed by atoms with Crippen LogP contribution < -0.4 is 0 Å². The zero-order valence-corrected chi connectivity index (χ0v) is 14.0. The molecule has 15 heavy (non-hydrogen) atoms. The molecule has 0 atom stereocenters. The Morgan fingerprint density at radius 1 is 0.867 bits per heavy atom. The molecule has 1 aliphatic rings. The smallest absolute Gasteiger partial charge is 0.317 e. The van der Waals surface area contributed by atoms with Crippen molar-refractivity contribution in [3.8, 4) is 0 Å². The van der Waals surface area contributed by atoms with Crippen molar-refractivity contribution in [3.63, 3.8) is 0 Å². The van der Waals surface area contributed by atoms with E-state index in [9.17, 15) is 0 Å². The second-order valence-corrected chi connectivity index (χ2v) is 16.2. The van der Waals surface area contributed by atoms with Crippen LogP contribution in [0.2, 0.25) is 38.8 Å². The maximum Gasteiger partial charge on any atom is 0.317 e. The highest BCUT2D eigenvalue weighted by Crippen LogP contribution is 2.33. The highest BCUT2D eigenvalue weighted by molar-refractivity contribution is 6.92. The average Bonchev–Trinajstić information content (AvgIpc) is 1.93. The number of hydrogen-bond acceptors (Lipinski definition) is 3. The number of rotatable bonds is 3. The third-order valence-corrected chi connectivity index (χ3v) is 15.0. The van der Waals surface area contributed by atoms with Gasteiger partial charge in [-0.25, -0.2) is 0 Å². The molecule has 7 heteroatoms. The lowest BCUT2D eigenvalue weighted by Crippen LogP contribution is -2.65. The van der Waals surface area contributed by atoms with E-state index in [1.807, 2.05) is 0 Å². The van der Waals surface area contributed by atoms with E-state index in [-0.39, 0.29) is 0 Å². The topological polar surface area (TPSA) is 27.7 Å². The van der Waals surface area contributed by atoms with Crippen LogP contribution in [0.5, 0.6) is 0 Å². The minimum absolute atomic E-state index is 0.681. The summed E-state index contributed by atoms with van der Waals surface area (Å²) in [4.78, 5) is 0. The molecule has 1 rings (SSSR count). The monoisotopic (exact) mass is 284 g/mol. The summed E-state index contributed by atoms with van der Waals surface area (Å²) in [6.45, 7) is 10.6. The van der Waals surface area contributed by atoms with Crippen LogP contribution in [-0.4, -0.2) is 31.6 Å². The Morgan fingerprint density at radius 3 is 1.73 bits per heavy atom. The van der Waals surface area contributed by atoms with Crippen LogP contribution in [0.1, 0.15) is 6.42 Å². The first-order valence-electron chi connectivity index (χ1n) is 5.35. The Hall–Kier alpha value is 0.821. The van der Waals surface area contributed by atoms with Crippen molar-refractivity contribution in [2.24, 2.45) is 0 Å². The van der Waals surface area contributed by atoms with Gasteiger partial charge in [-0.2, -0.15) is 0 Å². The maximum absolute atomic E-state index is 6.11. The summed E-state index contributed by atoms with van der Waals surface area (Å²) in [5.74, 6) is 0.681. The molecule has 0 bridgehead atoms. The predicted molar refractivity (Wildman–Crippen MR) is 70.0 cm³/mol. The number of halogens is 1. The van der Waals surface area contributed by atoms with E-state index in [1.54, 1.807) is 0 Å². The second-order valence-electron chi connectivity index (χ2n) is 5.03. The molecule has 1 saturated heterocycles. The van der Waals surface area contributed by atoms with E-state index < -0.39 is 25.7 Å². The maximum atomic E-state index is 6.11. The van der Waals surface area contributed by atoms with E-state index >= 15 is 0 Å². The first kappa shape index (κ1) is 13.9. The van der Waals surface area contributed by atoms with Crippen LogP contribution in [-0.2, 0) is 12.3 Å². The van der Waals surface area contributed by atoms with Gasteiger partial charge in [0.15, 0.2) is 0 Å². The molecule has 1 heterocycles. The Kier molecular flexibility index (Phi) is 4.25. The van der Waals surface area contributed by atoms with Gasteiger partial charge in [0.05, 0.1) is 0 Å². The van der Waals surface area contributed by atoms with E-state index in [4.69, 9.17) is 23.9 Å².